The number of carbonyl (C=O) groups is 1. The summed E-state index contributed by atoms with van der Waals surface area (Å²) in [5.74, 6) is 0.0831. The van der Waals surface area contributed by atoms with Crippen LogP contribution >= 0.6 is 0 Å². The van der Waals surface area contributed by atoms with Crippen LogP contribution < -0.4 is 10.6 Å². The van der Waals surface area contributed by atoms with E-state index in [9.17, 15) is 4.79 Å². The minimum atomic E-state index is 0.0176. The van der Waals surface area contributed by atoms with Crippen molar-refractivity contribution < 1.29 is 4.79 Å². The molecule has 0 radical (unpaired) electrons. The molecule has 1 aromatic rings. The third-order valence-corrected chi connectivity index (χ3v) is 2.84. The maximum atomic E-state index is 11.5. The fourth-order valence-electron chi connectivity index (χ4n) is 1.83. The van der Waals surface area contributed by atoms with Gasteiger partial charge in [-0.15, -0.1) is 0 Å². The summed E-state index contributed by atoms with van der Waals surface area (Å²) in [6, 6.07) is 6.10. The van der Waals surface area contributed by atoms with Crippen LogP contribution in [0.5, 0.6) is 0 Å². The van der Waals surface area contributed by atoms with Gasteiger partial charge in [0.25, 0.3) is 0 Å². The molecule has 0 fully saturated rings. The summed E-state index contributed by atoms with van der Waals surface area (Å²) in [5.41, 5.74) is 3.38. The lowest BCUT2D eigenvalue weighted by Gasteiger charge is -2.19. The van der Waals surface area contributed by atoms with Crippen molar-refractivity contribution in [1.29, 1.82) is 0 Å². The Balaban J connectivity index is 2.14. The fraction of sp³-hybridized carbons (Fsp3) is 0.462. The largest absolute Gasteiger partial charge is 0.385 e. The quantitative estimate of drug-likeness (QED) is 0.801. The summed E-state index contributed by atoms with van der Waals surface area (Å²) < 4.78 is 0. The molecular weight excluding hydrogens is 200 g/mol. The zero-order chi connectivity index (χ0) is 11.5. The van der Waals surface area contributed by atoms with Crippen molar-refractivity contribution in [3.63, 3.8) is 0 Å². The third-order valence-electron chi connectivity index (χ3n) is 2.84. The summed E-state index contributed by atoms with van der Waals surface area (Å²) in [6.07, 6.45) is 2.31. The molecule has 86 valence electrons. The summed E-state index contributed by atoms with van der Waals surface area (Å²) in [5, 5.41) is 6.27. The Labute approximate surface area is 96.2 Å². The molecule has 16 heavy (non-hydrogen) atoms. The molecule has 1 heterocycles. The predicted molar refractivity (Wildman–Crippen MR) is 66.7 cm³/mol. The molecule has 0 saturated heterocycles. The van der Waals surface area contributed by atoms with E-state index in [1.807, 2.05) is 26.0 Å². The maximum absolute atomic E-state index is 11.5. The van der Waals surface area contributed by atoms with Crippen LogP contribution in [0.3, 0.4) is 0 Å². The Bertz CT molecular complexity index is 399. The van der Waals surface area contributed by atoms with Gasteiger partial charge < -0.3 is 10.6 Å². The second-order valence-corrected chi connectivity index (χ2v) is 4.55. The summed E-state index contributed by atoms with van der Waals surface area (Å²) in [4.78, 5) is 11.5. The molecule has 1 aliphatic heterocycles. The molecule has 0 aromatic heterocycles. The highest BCUT2D eigenvalue weighted by Gasteiger charge is 2.11. The van der Waals surface area contributed by atoms with Gasteiger partial charge in [-0.1, -0.05) is 19.9 Å². The Morgan fingerprint density at radius 2 is 2.25 bits per heavy atom. The molecule has 0 atom stereocenters. The first kappa shape index (κ1) is 11.0. The molecule has 2 N–H and O–H groups in total. The van der Waals surface area contributed by atoms with Gasteiger partial charge in [0.05, 0.1) is 0 Å². The average Bonchev–Trinajstić information content (AvgIpc) is 2.28. The van der Waals surface area contributed by atoms with Crippen molar-refractivity contribution in [3.8, 4) is 0 Å². The van der Waals surface area contributed by atoms with Crippen molar-refractivity contribution in [2.45, 2.75) is 26.7 Å². The van der Waals surface area contributed by atoms with Crippen LogP contribution in [-0.4, -0.2) is 12.5 Å². The summed E-state index contributed by atoms with van der Waals surface area (Å²) in [7, 11) is 0. The lowest BCUT2D eigenvalue weighted by Crippen LogP contribution is -2.18. The average molecular weight is 218 g/mol. The first-order valence-electron chi connectivity index (χ1n) is 5.84. The minimum absolute atomic E-state index is 0.0176. The molecule has 1 aliphatic rings. The van der Waals surface area contributed by atoms with Crippen molar-refractivity contribution >= 4 is 17.3 Å². The van der Waals surface area contributed by atoms with E-state index >= 15 is 0 Å². The molecule has 0 bridgehead atoms. The molecule has 3 heteroatoms. The number of benzene rings is 1. The second-order valence-electron chi connectivity index (χ2n) is 4.55. The number of rotatable bonds is 2. The van der Waals surface area contributed by atoms with E-state index in [2.05, 4.69) is 16.7 Å². The van der Waals surface area contributed by atoms with Crippen LogP contribution in [0.2, 0.25) is 0 Å². The van der Waals surface area contributed by atoms with Crippen LogP contribution in [0, 0.1) is 5.92 Å². The molecule has 0 spiro atoms. The Hall–Kier alpha value is -1.51. The number of hydrogen-bond donors (Lipinski definition) is 2. The minimum Gasteiger partial charge on any atom is -0.385 e. The molecule has 0 saturated carbocycles. The van der Waals surface area contributed by atoms with E-state index in [0.29, 0.717) is 0 Å². The van der Waals surface area contributed by atoms with E-state index in [1.54, 1.807) is 0 Å². The Morgan fingerprint density at radius 3 is 3.00 bits per heavy atom. The topological polar surface area (TPSA) is 41.1 Å². The number of fused-ring (bicyclic) bond motifs is 1. The smallest absolute Gasteiger partial charge is 0.226 e. The molecule has 3 nitrogen and oxygen atoms in total. The molecule has 2 rings (SSSR count). The van der Waals surface area contributed by atoms with Gasteiger partial charge in [0, 0.05) is 23.8 Å². The number of aryl methyl sites for hydroxylation is 1. The zero-order valence-corrected chi connectivity index (χ0v) is 9.84. The van der Waals surface area contributed by atoms with Crippen LogP contribution in [0.1, 0.15) is 25.8 Å². The lowest BCUT2D eigenvalue weighted by atomic mass is 10.0. The monoisotopic (exact) mass is 218 g/mol. The predicted octanol–water partition coefficient (Wildman–Crippen LogP) is 2.64. The number of carbonyl (C=O) groups excluding carboxylic acids is 1. The molecule has 0 unspecified atom stereocenters. The van der Waals surface area contributed by atoms with Crippen LogP contribution in [-0.2, 0) is 11.2 Å². The number of nitrogens with one attached hydrogen (secondary N) is 2. The molecule has 1 amide bonds. The van der Waals surface area contributed by atoms with E-state index < -0.39 is 0 Å². The Morgan fingerprint density at radius 1 is 1.44 bits per heavy atom. The van der Waals surface area contributed by atoms with Crippen molar-refractivity contribution in [3.05, 3.63) is 23.8 Å². The van der Waals surface area contributed by atoms with Gasteiger partial charge in [-0.2, -0.15) is 0 Å². The van der Waals surface area contributed by atoms with Crippen LogP contribution in [0.25, 0.3) is 0 Å². The van der Waals surface area contributed by atoms with Gasteiger partial charge in [0.2, 0.25) is 5.91 Å². The second kappa shape index (κ2) is 4.56. The number of amides is 1. The Kier molecular flexibility index (Phi) is 3.13. The maximum Gasteiger partial charge on any atom is 0.226 e. The first-order chi connectivity index (χ1) is 7.66. The van der Waals surface area contributed by atoms with Crippen molar-refractivity contribution in [2.24, 2.45) is 5.92 Å². The highest BCUT2D eigenvalue weighted by atomic mass is 16.1. The van der Waals surface area contributed by atoms with E-state index in [4.69, 9.17) is 0 Å². The van der Waals surface area contributed by atoms with Crippen LogP contribution in [0.4, 0.5) is 11.4 Å². The van der Waals surface area contributed by atoms with Gasteiger partial charge in [-0.05, 0) is 30.5 Å². The molecule has 0 aliphatic carbocycles. The summed E-state index contributed by atoms with van der Waals surface area (Å²) >= 11 is 0. The van der Waals surface area contributed by atoms with Crippen LogP contribution in [0.15, 0.2) is 18.2 Å². The first-order valence-corrected chi connectivity index (χ1v) is 5.84. The van der Waals surface area contributed by atoms with Gasteiger partial charge in [0.15, 0.2) is 0 Å². The zero-order valence-electron chi connectivity index (χ0n) is 9.84. The lowest BCUT2D eigenvalue weighted by molar-refractivity contribution is -0.118. The fourth-order valence-corrected chi connectivity index (χ4v) is 1.83. The molecule has 1 aromatic carbocycles. The SMILES string of the molecule is CC(C)C(=O)Nc1ccc2c(c1)NCCC2. The van der Waals surface area contributed by atoms with E-state index in [-0.39, 0.29) is 11.8 Å². The van der Waals surface area contributed by atoms with Crippen molar-refractivity contribution in [2.75, 3.05) is 17.2 Å². The van der Waals surface area contributed by atoms with Gasteiger partial charge >= 0.3 is 0 Å². The van der Waals surface area contributed by atoms with Gasteiger partial charge in [-0.3, -0.25) is 4.79 Å². The molecular formula is C13H18N2O. The van der Waals surface area contributed by atoms with Gasteiger partial charge in [-0.25, -0.2) is 0 Å². The van der Waals surface area contributed by atoms with E-state index in [0.717, 1.165) is 24.3 Å². The van der Waals surface area contributed by atoms with Gasteiger partial charge in [0.1, 0.15) is 0 Å². The standard InChI is InChI=1S/C13H18N2O/c1-9(2)13(16)15-11-6-5-10-4-3-7-14-12(10)8-11/h5-6,8-9,14H,3-4,7H2,1-2H3,(H,15,16). The van der Waals surface area contributed by atoms with E-state index in [1.165, 1.54) is 12.0 Å². The number of anilines is 2. The highest BCUT2D eigenvalue weighted by Crippen LogP contribution is 2.25. The third kappa shape index (κ3) is 2.35. The highest BCUT2D eigenvalue weighted by molar-refractivity contribution is 5.92. The van der Waals surface area contributed by atoms with Crippen molar-refractivity contribution in [1.82, 2.24) is 0 Å². The normalized spacial score (nSPS) is 14.2. The summed E-state index contributed by atoms with van der Waals surface area (Å²) in [6.45, 7) is 4.81. The number of hydrogen-bond acceptors (Lipinski definition) is 2.